The van der Waals surface area contributed by atoms with E-state index < -0.39 is 11.2 Å². The van der Waals surface area contributed by atoms with Gasteiger partial charge in [0, 0.05) is 32.4 Å². The number of aromatic nitrogens is 3. The number of pyridine rings is 1. The minimum Gasteiger partial charge on any atom is -0.306 e. The second-order valence-corrected chi connectivity index (χ2v) is 8.27. The lowest BCUT2D eigenvalue weighted by Gasteiger charge is -2.09. The van der Waals surface area contributed by atoms with Crippen LogP contribution in [0.4, 0.5) is 0 Å². The van der Waals surface area contributed by atoms with Crippen molar-refractivity contribution in [2.24, 2.45) is 0 Å². The van der Waals surface area contributed by atoms with E-state index in [-0.39, 0.29) is 0 Å². The number of nitrogens with zero attached hydrogens (tertiary/aromatic N) is 2. The number of H-pyrrole nitrogens is 1. The van der Waals surface area contributed by atoms with Gasteiger partial charge in [-0.25, -0.2) is 9.36 Å². The van der Waals surface area contributed by atoms with Gasteiger partial charge in [0.15, 0.2) is 0 Å². The van der Waals surface area contributed by atoms with E-state index in [4.69, 9.17) is 23.2 Å². The van der Waals surface area contributed by atoms with Crippen LogP contribution in [0, 0.1) is 0 Å². The lowest BCUT2D eigenvalue weighted by Crippen LogP contribution is -2.33. The molecule has 0 amide bonds. The van der Waals surface area contributed by atoms with Gasteiger partial charge in [-0.15, -0.1) is 11.3 Å². The SMILES string of the molecule is O=c1[nH]c2cc(-c3ccccc3Cl)sc2c(=O)n1-c1cncc2cccc(Cl)c12. The van der Waals surface area contributed by atoms with Gasteiger partial charge in [0.2, 0.25) is 0 Å². The Kier molecular flexibility index (Phi) is 4.28. The predicted octanol–water partition coefficient (Wildman–Crippen LogP) is 5.26. The minimum atomic E-state index is -0.555. The molecule has 0 radical (unpaired) electrons. The number of thiophene rings is 1. The summed E-state index contributed by atoms with van der Waals surface area (Å²) < 4.78 is 1.50. The first-order chi connectivity index (χ1) is 14.0. The maximum absolute atomic E-state index is 13.3. The van der Waals surface area contributed by atoms with Crippen LogP contribution in [0.15, 0.2) is 70.5 Å². The molecule has 3 heterocycles. The van der Waals surface area contributed by atoms with E-state index in [1.165, 1.54) is 17.5 Å². The Morgan fingerprint density at radius 2 is 1.76 bits per heavy atom. The van der Waals surface area contributed by atoms with Crippen LogP contribution in [0.5, 0.6) is 0 Å². The van der Waals surface area contributed by atoms with E-state index in [0.717, 1.165) is 20.4 Å². The molecule has 0 unspecified atom stereocenters. The maximum Gasteiger partial charge on any atom is 0.333 e. The van der Waals surface area contributed by atoms with Crippen molar-refractivity contribution in [3.63, 3.8) is 0 Å². The van der Waals surface area contributed by atoms with Crippen molar-refractivity contribution in [1.82, 2.24) is 14.5 Å². The third-order valence-electron chi connectivity index (χ3n) is 4.67. The Bertz CT molecular complexity index is 1530. The molecule has 5 aromatic rings. The van der Waals surface area contributed by atoms with Crippen LogP contribution in [0.3, 0.4) is 0 Å². The van der Waals surface area contributed by atoms with Crippen LogP contribution in [-0.4, -0.2) is 14.5 Å². The number of nitrogens with one attached hydrogen (secondary N) is 1. The number of aromatic amines is 1. The van der Waals surface area contributed by atoms with Crippen molar-refractivity contribution < 1.29 is 0 Å². The van der Waals surface area contributed by atoms with E-state index in [2.05, 4.69) is 9.97 Å². The molecule has 5 nitrogen and oxygen atoms in total. The molecule has 3 aromatic heterocycles. The molecule has 0 saturated heterocycles. The largest absolute Gasteiger partial charge is 0.333 e. The highest BCUT2D eigenvalue weighted by atomic mass is 35.5. The lowest BCUT2D eigenvalue weighted by molar-refractivity contribution is 0.905. The molecule has 0 bridgehead atoms. The van der Waals surface area contributed by atoms with Crippen molar-refractivity contribution in [3.8, 4) is 16.1 Å². The molecule has 5 rings (SSSR count). The molecule has 0 aliphatic carbocycles. The van der Waals surface area contributed by atoms with E-state index in [1.54, 1.807) is 30.5 Å². The Balaban J connectivity index is 1.83. The van der Waals surface area contributed by atoms with Gasteiger partial charge >= 0.3 is 5.69 Å². The van der Waals surface area contributed by atoms with E-state index >= 15 is 0 Å². The van der Waals surface area contributed by atoms with E-state index in [9.17, 15) is 9.59 Å². The Morgan fingerprint density at radius 1 is 0.966 bits per heavy atom. The summed E-state index contributed by atoms with van der Waals surface area (Å²) in [4.78, 5) is 33.9. The van der Waals surface area contributed by atoms with Gasteiger partial charge in [-0.05, 0) is 18.2 Å². The number of fused-ring (bicyclic) bond motifs is 2. The monoisotopic (exact) mass is 439 g/mol. The summed E-state index contributed by atoms with van der Waals surface area (Å²) in [5.41, 5.74) is 0.628. The highest BCUT2D eigenvalue weighted by molar-refractivity contribution is 7.22. The van der Waals surface area contributed by atoms with Crippen molar-refractivity contribution in [2.75, 3.05) is 0 Å². The lowest BCUT2D eigenvalue weighted by atomic mass is 10.1. The summed E-state index contributed by atoms with van der Waals surface area (Å²) in [5, 5.41) is 2.35. The smallest absolute Gasteiger partial charge is 0.306 e. The first-order valence-corrected chi connectivity index (χ1v) is 10.2. The summed E-state index contributed by atoms with van der Waals surface area (Å²) in [6.45, 7) is 0. The average molecular weight is 440 g/mol. The number of hydrogen-bond donors (Lipinski definition) is 1. The van der Waals surface area contributed by atoms with Crippen molar-refractivity contribution in [2.45, 2.75) is 0 Å². The Morgan fingerprint density at radius 3 is 2.59 bits per heavy atom. The Hall–Kier alpha value is -2.93. The highest BCUT2D eigenvalue weighted by Crippen LogP contribution is 2.35. The zero-order valence-corrected chi connectivity index (χ0v) is 17.0. The first kappa shape index (κ1) is 18.1. The molecule has 0 atom stereocenters. The molecule has 0 spiro atoms. The summed E-state index contributed by atoms with van der Waals surface area (Å²) in [5.74, 6) is 0. The summed E-state index contributed by atoms with van der Waals surface area (Å²) in [7, 11) is 0. The second-order valence-electron chi connectivity index (χ2n) is 6.40. The number of halogens is 2. The van der Waals surface area contributed by atoms with Crippen LogP contribution in [0.2, 0.25) is 10.0 Å². The van der Waals surface area contributed by atoms with E-state index in [0.29, 0.717) is 31.3 Å². The normalized spacial score (nSPS) is 11.4. The second kappa shape index (κ2) is 6.84. The number of benzene rings is 2. The van der Waals surface area contributed by atoms with Crippen LogP contribution < -0.4 is 11.2 Å². The summed E-state index contributed by atoms with van der Waals surface area (Å²) in [6, 6.07) is 14.5. The van der Waals surface area contributed by atoms with Gasteiger partial charge in [-0.1, -0.05) is 53.5 Å². The van der Waals surface area contributed by atoms with Gasteiger partial charge in [0.05, 0.1) is 22.4 Å². The molecule has 0 saturated carbocycles. The van der Waals surface area contributed by atoms with Gasteiger partial charge in [0.25, 0.3) is 5.56 Å². The molecular formula is C21H11Cl2N3O2S. The molecule has 8 heteroatoms. The fraction of sp³-hybridized carbons (Fsp3) is 0. The third kappa shape index (κ3) is 2.88. The number of rotatable bonds is 2. The third-order valence-corrected chi connectivity index (χ3v) is 6.47. The topological polar surface area (TPSA) is 67.8 Å². The van der Waals surface area contributed by atoms with Crippen LogP contribution in [0.25, 0.3) is 37.1 Å². The molecule has 0 aliphatic rings. The quantitative estimate of drug-likeness (QED) is 0.407. The molecule has 1 N–H and O–H groups in total. The first-order valence-electron chi connectivity index (χ1n) is 8.61. The Labute approximate surface area is 177 Å². The number of hydrogen-bond acceptors (Lipinski definition) is 4. The molecule has 29 heavy (non-hydrogen) atoms. The van der Waals surface area contributed by atoms with Crippen LogP contribution in [-0.2, 0) is 0 Å². The van der Waals surface area contributed by atoms with Gasteiger partial charge in [-0.3, -0.25) is 9.78 Å². The fourth-order valence-electron chi connectivity index (χ4n) is 3.36. The van der Waals surface area contributed by atoms with Crippen LogP contribution >= 0.6 is 34.5 Å². The van der Waals surface area contributed by atoms with Crippen molar-refractivity contribution >= 4 is 55.5 Å². The van der Waals surface area contributed by atoms with Crippen molar-refractivity contribution in [1.29, 1.82) is 0 Å². The molecule has 0 fully saturated rings. The minimum absolute atomic E-state index is 0.342. The molecule has 2 aromatic carbocycles. The van der Waals surface area contributed by atoms with Crippen LogP contribution in [0.1, 0.15) is 0 Å². The molecule has 142 valence electrons. The van der Waals surface area contributed by atoms with Gasteiger partial charge < -0.3 is 4.98 Å². The standard InChI is InChI=1S/C21H11Cl2N3O2S/c22-13-6-2-1-5-12(13)17-8-15-19(29-17)20(27)26(21(28)25-15)16-10-24-9-11-4-3-7-14(23)18(11)16/h1-10H,(H,25,28). The molecule has 0 aliphatic heterocycles. The molecular weight excluding hydrogens is 429 g/mol. The highest BCUT2D eigenvalue weighted by Gasteiger charge is 2.17. The summed E-state index contributed by atoms with van der Waals surface area (Å²) in [6.07, 6.45) is 3.11. The van der Waals surface area contributed by atoms with Gasteiger partial charge in [0.1, 0.15) is 4.70 Å². The van der Waals surface area contributed by atoms with Crippen molar-refractivity contribution in [3.05, 3.63) is 91.8 Å². The van der Waals surface area contributed by atoms with Gasteiger partial charge in [-0.2, -0.15) is 0 Å². The zero-order valence-electron chi connectivity index (χ0n) is 14.6. The predicted molar refractivity (Wildman–Crippen MR) is 119 cm³/mol. The van der Waals surface area contributed by atoms with E-state index in [1.807, 2.05) is 24.3 Å². The summed E-state index contributed by atoms with van der Waals surface area (Å²) >= 11 is 13.9. The average Bonchev–Trinajstić information content (AvgIpc) is 3.12. The fourth-order valence-corrected chi connectivity index (χ4v) is 5.02. The zero-order chi connectivity index (χ0) is 20.1. The maximum atomic E-state index is 13.3.